The van der Waals surface area contributed by atoms with Gasteiger partial charge < -0.3 is 10.5 Å². The third-order valence-electron chi connectivity index (χ3n) is 4.33. The quantitative estimate of drug-likeness (QED) is 0.883. The van der Waals surface area contributed by atoms with Crippen molar-refractivity contribution in [3.8, 4) is 11.5 Å². The lowest BCUT2D eigenvalue weighted by molar-refractivity contribution is 0.145. The zero-order chi connectivity index (χ0) is 13.8. The molecule has 104 valence electrons. The molecule has 0 amide bonds. The lowest BCUT2D eigenvalue weighted by atomic mass is 9.65. The van der Waals surface area contributed by atoms with Crippen LogP contribution in [0.5, 0.6) is 11.5 Å². The van der Waals surface area contributed by atoms with Gasteiger partial charge >= 0.3 is 0 Å². The summed E-state index contributed by atoms with van der Waals surface area (Å²) < 4.78 is 5.81. The lowest BCUT2D eigenvalue weighted by Gasteiger charge is -2.41. The summed E-state index contributed by atoms with van der Waals surface area (Å²) in [5.41, 5.74) is 7.64. The number of ether oxygens (including phenoxy) is 1. The van der Waals surface area contributed by atoms with Crippen molar-refractivity contribution in [1.82, 2.24) is 0 Å². The Labute approximate surface area is 120 Å². The maximum absolute atomic E-state index is 5.92. The Hall–Kier alpha value is -1.80. The molecule has 20 heavy (non-hydrogen) atoms. The summed E-state index contributed by atoms with van der Waals surface area (Å²) in [6.45, 7) is 0.801. The average molecular weight is 267 g/mol. The first kappa shape index (κ1) is 13.2. The molecule has 2 nitrogen and oxygen atoms in total. The highest BCUT2D eigenvalue weighted by molar-refractivity contribution is 5.33. The lowest BCUT2D eigenvalue weighted by Crippen LogP contribution is -2.39. The summed E-state index contributed by atoms with van der Waals surface area (Å²) in [6.07, 6.45) is 4.96. The van der Waals surface area contributed by atoms with Crippen LogP contribution in [0.4, 0.5) is 0 Å². The minimum absolute atomic E-state index is 0.363. The molecule has 0 aromatic heterocycles. The van der Waals surface area contributed by atoms with Crippen LogP contribution in [0.25, 0.3) is 0 Å². The second-order valence-electron chi connectivity index (χ2n) is 5.79. The topological polar surface area (TPSA) is 35.2 Å². The fourth-order valence-corrected chi connectivity index (χ4v) is 2.86. The van der Waals surface area contributed by atoms with Gasteiger partial charge in [0.1, 0.15) is 11.5 Å². The molecule has 0 bridgehead atoms. The minimum Gasteiger partial charge on any atom is -0.457 e. The van der Waals surface area contributed by atoms with E-state index < -0.39 is 0 Å². The SMILES string of the molecule is NCC1(Cc2ccc(Oc3ccccc3)cc2)CCC1. The summed E-state index contributed by atoms with van der Waals surface area (Å²) in [4.78, 5) is 0. The van der Waals surface area contributed by atoms with Crippen LogP contribution in [0.2, 0.25) is 0 Å². The van der Waals surface area contributed by atoms with Crippen LogP contribution < -0.4 is 10.5 Å². The Kier molecular flexibility index (Phi) is 3.75. The third kappa shape index (κ3) is 2.86. The van der Waals surface area contributed by atoms with E-state index in [1.165, 1.54) is 24.8 Å². The molecule has 0 unspecified atom stereocenters. The van der Waals surface area contributed by atoms with E-state index >= 15 is 0 Å². The number of rotatable bonds is 5. The van der Waals surface area contributed by atoms with Crippen molar-refractivity contribution in [2.45, 2.75) is 25.7 Å². The van der Waals surface area contributed by atoms with Gasteiger partial charge in [0.25, 0.3) is 0 Å². The van der Waals surface area contributed by atoms with E-state index in [1.54, 1.807) is 0 Å². The van der Waals surface area contributed by atoms with Crippen LogP contribution in [-0.4, -0.2) is 6.54 Å². The Balaban J connectivity index is 1.65. The first-order valence-electron chi connectivity index (χ1n) is 7.32. The molecular formula is C18H21NO. The van der Waals surface area contributed by atoms with E-state index in [9.17, 15) is 0 Å². The van der Waals surface area contributed by atoms with Crippen molar-refractivity contribution in [3.05, 3.63) is 60.2 Å². The molecule has 0 radical (unpaired) electrons. The molecule has 1 aliphatic rings. The summed E-state index contributed by atoms with van der Waals surface area (Å²) in [5.74, 6) is 1.76. The normalized spacial score (nSPS) is 16.4. The monoisotopic (exact) mass is 267 g/mol. The number of hydrogen-bond donors (Lipinski definition) is 1. The predicted octanol–water partition coefficient (Wildman–Crippen LogP) is 4.15. The fraction of sp³-hybridized carbons (Fsp3) is 0.333. The van der Waals surface area contributed by atoms with E-state index in [4.69, 9.17) is 10.5 Å². The number of para-hydroxylation sites is 1. The maximum Gasteiger partial charge on any atom is 0.127 e. The van der Waals surface area contributed by atoms with Crippen LogP contribution in [0, 0.1) is 5.41 Å². The van der Waals surface area contributed by atoms with Crippen LogP contribution in [0.1, 0.15) is 24.8 Å². The molecule has 1 saturated carbocycles. The summed E-state index contributed by atoms with van der Waals surface area (Å²) in [7, 11) is 0. The van der Waals surface area contributed by atoms with Crippen molar-refractivity contribution < 1.29 is 4.74 Å². The number of nitrogens with two attached hydrogens (primary N) is 1. The van der Waals surface area contributed by atoms with Gasteiger partial charge in [-0.3, -0.25) is 0 Å². The molecule has 0 spiro atoms. The molecular weight excluding hydrogens is 246 g/mol. The van der Waals surface area contributed by atoms with E-state index in [0.29, 0.717) is 5.41 Å². The van der Waals surface area contributed by atoms with Gasteiger partial charge in [-0.15, -0.1) is 0 Å². The van der Waals surface area contributed by atoms with Crippen molar-refractivity contribution in [2.24, 2.45) is 11.1 Å². The first-order valence-corrected chi connectivity index (χ1v) is 7.32. The van der Waals surface area contributed by atoms with Crippen molar-refractivity contribution in [3.63, 3.8) is 0 Å². The average Bonchev–Trinajstić information content (AvgIpc) is 2.46. The molecule has 1 aliphatic carbocycles. The standard InChI is InChI=1S/C18H21NO/c19-14-18(11-4-12-18)13-15-7-9-17(10-8-15)20-16-5-2-1-3-6-16/h1-3,5-10H,4,11-14,19H2. The second-order valence-corrected chi connectivity index (χ2v) is 5.79. The van der Waals surface area contributed by atoms with Gasteiger partial charge in [-0.2, -0.15) is 0 Å². The molecule has 3 rings (SSSR count). The molecule has 0 atom stereocenters. The molecule has 0 saturated heterocycles. The zero-order valence-electron chi connectivity index (χ0n) is 11.7. The molecule has 0 heterocycles. The fourth-order valence-electron chi connectivity index (χ4n) is 2.86. The highest BCUT2D eigenvalue weighted by atomic mass is 16.5. The molecule has 1 fully saturated rings. The van der Waals surface area contributed by atoms with Crippen molar-refractivity contribution in [1.29, 1.82) is 0 Å². The molecule has 2 heteroatoms. The van der Waals surface area contributed by atoms with Gasteiger partial charge in [-0.25, -0.2) is 0 Å². The van der Waals surface area contributed by atoms with E-state index in [-0.39, 0.29) is 0 Å². The Bertz CT molecular complexity index is 538. The first-order chi connectivity index (χ1) is 9.80. The van der Waals surface area contributed by atoms with Gasteiger partial charge in [-0.05, 0) is 61.1 Å². The highest BCUT2D eigenvalue weighted by Gasteiger charge is 2.35. The van der Waals surface area contributed by atoms with Crippen LogP contribution in [0.3, 0.4) is 0 Å². The maximum atomic E-state index is 5.92. The van der Waals surface area contributed by atoms with Gasteiger partial charge in [0, 0.05) is 0 Å². The number of benzene rings is 2. The van der Waals surface area contributed by atoms with E-state index in [2.05, 4.69) is 12.1 Å². The zero-order valence-corrected chi connectivity index (χ0v) is 11.7. The van der Waals surface area contributed by atoms with E-state index in [0.717, 1.165) is 24.5 Å². The molecule has 2 aromatic carbocycles. The Morgan fingerprint density at radius 1 is 0.900 bits per heavy atom. The third-order valence-corrected chi connectivity index (χ3v) is 4.33. The minimum atomic E-state index is 0.363. The van der Waals surface area contributed by atoms with Crippen molar-refractivity contribution in [2.75, 3.05) is 6.54 Å². The Morgan fingerprint density at radius 3 is 2.10 bits per heavy atom. The van der Waals surface area contributed by atoms with Crippen LogP contribution >= 0.6 is 0 Å². The molecule has 0 aliphatic heterocycles. The van der Waals surface area contributed by atoms with Gasteiger partial charge in [0.05, 0.1) is 0 Å². The van der Waals surface area contributed by atoms with Crippen LogP contribution in [0.15, 0.2) is 54.6 Å². The van der Waals surface area contributed by atoms with Gasteiger partial charge in [-0.1, -0.05) is 36.8 Å². The summed E-state index contributed by atoms with van der Waals surface area (Å²) in [5, 5.41) is 0. The van der Waals surface area contributed by atoms with Crippen molar-refractivity contribution >= 4 is 0 Å². The predicted molar refractivity (Wildman–Crippen MR) is 82.0 cm³/mol. The largest absolute Gasteiger partial charge is 0.457 e. The Morgan fingerprint density at radius 2 is 1.55 bits per heavy atom. The summed E-state index contributed by atoms with van der Waals surface area (Å²) in [6, 6.07) is 18.3. The molecule has 2 N–H and O–H groups in total. The molecule has 2 aromatic rings. The van der Waals surface area contributed by atoms with Crippen LogP contribution in [-0.2, 0) is 6.42 Å². The van der Waals surface area contributed by atoms with Gasteiger partial charge in [0.2, 0.25) is 0 Å². The summed E-state index contributed by atoms with van der Waals surface area (Å²) >= 11 is 0. The number of hydrogen-bond acceptors (Lipinski definition) is 2. The smallest absolute Gasteiger partial charge is 0.127 e. The van der Waals surface area contributed by atoms with Gasteiger partial charge in [0.15, 0.2) is 0 Å². The van der Waals surface area contributed by atoms with E-state index in [1.807, 2.05) is 42.5 Å². The highest BCUT2D eigenvalue weighted by Crippen LogP contribution is 2.42. The second kappa shape index (κ2) is 5.68.